The third kappa shape index (κ3) is 3.81. The van der Waals surface area contributed by atoms with Crippen LogP contribution < -0.4 is 9.64 Å². The Morgan fingerprint density at radius 1 is 0.880 bits per heavy atom. The summed E-state index contributed by atoms with van der Waals surface area (Å²) in [7, 11) is 6.46. The molecule has 1 aromatic carbocycles. The van der Waals surface area contributed by atoms with Gasteiger partial charge in [0.15, 0.2) is 0 Å². The van der Waals surface area contributed by atoms with Gasteiger partial charge in [-0.15, -0.1) is 0 Å². The van der Waals surface area contributed by atoms with E-state index in [1.807, 2.05) is 0 Å². The first-order valence-electron chi connectivity index (χ1n) is 10.2. The molecule has 4 aliphatic rings. The molecule has 0 aromatic heterocycles. The fourth-order valence-corrected chi connectivity index (χ4v) is 5.93. The Labute approximate surface area is 153 Å². The van der Waals surface area contributed by atoms with Gasteiger partial charge in [-0.25, -0.2) is 0 Å². The minimum absolute atomic E-state index is 0.161. The number of hydrogen-bond donors (Lipinski definition) is 0. The van der Waals surface area contributed by atoms with Crippen LogP contribution in [0.3, 0.4) is 0 Å². The number of rotatable bonds is 7. The van der Waals surface area contributed by atoms with Crippen molar-refractivity contribution in [2.45, 2.75) is 50.5 Å². The molecule has 0 atom stereocenters. The lowest BCUT2D eigenvalue weighted by atomic mass is 9.54. The zero-order chi connectivity index (χ0) is 17.4. The van der Waals surface area contributed by atoms with E-state index in [1.54, 1.807) is 0 Å². The molecule has 25 heavy (non-hydrogen) atoms. The highest BCUT2D eigenvalue weighted by Crippen LogP contribution is 2.57. The van der Waals surface area contributed by atoms with Crippen molar-refractivity contribution in [3.63, 3.8) is 0 Å². The molecule has 0 heterocycles. The number of hydrogen-bond acceptors (Lipinski definition) is 3. The van der Waals surface area contributed by atoms with E-state index < -0.39 is 0 Å². The normalized spacial score (nSPS) is 33.0. The Hall–Kier alpha value is -1.22. The van der Waals surface area contributed by atoms with Gasteiger partial charge in [0.25, 0.3) is 0 Å². The highest BCUT2D eigenvalue weighted by molar-refractivity contribution is 5.48. The van der Waals surface area contributed by atoms with E-state index in [4.69, 9.17) is 4.74 Å². The highest BCUT2D eigenvalue weighted by Gasteiger charge is 2.52. The monoisotopic (exact) mass is 342 g/mol. The highest BCUT2D eigenvalue weighted by atomic mass is 16.5. The van der Waals surface area contributed by atoms with Crippen LogP contribution in [0.4, 0.5) is 5.69 Å². The summed E-state index contributed by atoms with van der Waals surface area (Å²) in [6.07, 6.45) is 9.49. The van der Waals surface area contributed by atoms with Crippen LogP contribution >= 0.6 is 0 Å². The Kier molecular flexibility index (Phi) is 4.70. The summed E-state index contributed by atoms with van der Waals surface area (Å²) in [4.78, 5) is 4.59. The van der Waals surface area contributed by atoms with Crippen LogP contribution in [0.1, 0.15) is 44.9 Å². The van der Waals surface area contributed by atoms with Crippen molar-refractivity contribution in [1.82, 2.24) is 4.90 Å². The summed E-state index contributed by atoms with van der Waals surface area (Å²) in [6.45, 7) is 2.23. The topological polar surface area (TPSA) is 15.7 Å². The fourth-order valence-electron chi connectivity index (χ4n) is 5.93. The lowest BCUT2D eigenvalue weighted by molar-refractivity contribution is -0.107. The maximum Gasteiger partial charge on any atom is 0.120 e. The average molecular weight is 343 g/mol. The van der Waals surface area contributed by atoms with E-state index in [-0.39, 0.29) is 5.60 Å². The van der Waals surface area contributed by atoms with Crippen LogP contribution in [0, 0.1) is 17.8 Å². The molecule has 0 saturated heterocycles. The van der Waals surface area contributed by atoms with E-state index >= 15 is 0 Å². The van der Waals surface area contributed by atoms with Crippen LogP contribution in [-0.4, -0.2) is 44.7 Å². The number of nitrogens with zero attached hydrogens (tertiary/aromatic N) is 2. The third-order valence-electron chi connectivity index (χ3n) is 6.69. The first-order chi connectivity index (χ1) is 12.0. The molecule has 0 spiro atoms. The number of benzene rings is 1. The maximum atomic E-state index is 6.64. The lowest BCUT2D eigenvalue weighted by Gasteiger charge is -2.56. The molecular formula is C22H34N2O. The van der Waals surface area contributed by atoms with Gasteiger partial charge in [0.05, 0.1) is 0 Å². The molecule has 4 saturated carbocycles. The van der Waals surface area contributed by atoms with E-state index in [9.17, 15) is 0 Å². The van der Waals surface area contributed by atoms with Gasteiger partial charge in [-0.3, -0.25) is 0 Å². The Balaban J connectivity index is 1.36. The van der Waals surface area contributed by atoms with Gasteiger partial charge < -0.3 is 14.5 Å². The molecule has 3 nitrogen and oxygen atoms in total. The van der Waals surface area contributed by atoms with Gasteiger partial charge in [-0.1, -0.05) is 0 Å². The van der Waals surface area contributed by atoms with Crippen molar-refractivity contribution < 1.29 is 4.74 Å². The third-order valence-corrected chi connectivity index (χ3v) is 6.69. The molecule has 0 unspecified atom stereocenters. The van der Waals surface area contributed by atoms with Crippen molar-refractivity contribution >= 4 is 5.69 Å². The zero-order valence-electron chi connectivity index (χ0n) is 16.2. The molecule has 5 rings (SSSR count). The summed E-state index contributed by atoms with van der Waals surface area (Å²) < 4.78 is 6.64. The first kappa shape index (κ1) is 17.2. The summed E-state index contributed by atoms with van der Waals surface area (Å²) in [6, 6.07) is 8.84. The summed E-state index contributed by atoms with van der Waals surface area (Å²) >= 11 is 0. The SMILES string of the molecule is CN(C)CCCN(C)c1ccc(OC23CC4CC(CC(C4)C2)C3)cc1. The second-order valence-electron chi connectivity index (χ2n) is 9.27. The van der Waals surface area contributed by atoms with Crippen molar-refractivity contribution in [2.75, 3.05) is 39.1 Å². The van der Waals surface area contributed by atoms with Gasteiger partial charge in [-0.2, -0.15) is 0 Å². The average Bonchev–Trinajstić information content (AvgIpc) is 2.53. The van der Waals surface area contributed by atoms with E-state index in [2.05, 4.69) is 55.2 Å². The van der Waals surface area contributed by atoms with Crippen LogP contribution in [-0.2, 0) is 0 Å². The summed E-state index contributed by atoms with van der Waals surface area (Å²) in [5.74, 6) is 3.89. The maximum absolute atomic E-state index is 6.64. The van der Waals surface area contributed by atoms with Gasteiger partial charge in [0.2, 0.25) is 0 Å². The molecule has 0 amide bonds. The van der Waals surface area contributed by atoms with Crippen LogP contribution in [0.5, 0.6) is 5.75 Å². The molecule has 1 aromatic rings. The van der Waals surface area contributed by atoms with Crippen molar-refractivity contribution in [1.29, 1.82) is 0 Å². The van der Waals surface area contributed by atoms with E-state index in [0.717, 1.165) is 36.6 Å². The number of anilines is 1. The largest absolute Gasteiger partial charge is 0.487 e. The second-order valence-corrected chi connectivity index (χ2v) is 9.27. The predicted octanol–water partition coefficient (Wildman–Crippen LogP) is 4.42. The smallest absolute Gasteiger partial charge is 0.120 e. The molecule has 4 bridgehead atoms. The zero-order valence-corrected chi connectivity index (χ0v) is 16.2. The fraction of sp³-hybridized carbons (Fsp3) is 0.727. The van der Waals surface area contributed by atoms with Gasteiger partial charge in [0.1, 0.15) is 11.4 Å². The summed E-state index contributed by atoms with van der Waals surface area (Å²) in [5, 5.41) is 0. The minimum Gasteiger partial charge on any atom is -0.487 e. The summed E-state index contributed by atoms with van der Waals surface area (Å²) in [5.41, 5.74) is 1.45. The van der Waals surface area contributed by atoms with Crippen molar-refractivity contribution in [3.8, 4) is 5.75 Å². The molecular weight excluding hydrogens is 308 g/mol. The van der Waals surface area contributed by atoms with E-state index in [0.29, 0.717) is 0 Å². The van der Waals surface area contributed by atoms with Gasteiger partial charge in [0, 0.05) is 19.3 Å². The van der Waals surface area contributed by atoms with Crippen LogP contribution in [0.25, 0.3) is 0 Å². The molecule has 138 valence electrons. The predicted molar refractivity (Wildman–Crippen MR) is 104 cm³/mol. The Morgan fingerprint density at radius 2 is 1.44 bits per heavy atom. The van der Waals surface area contributed by atoms with Crippen LogP contribution in [0.2, 0.25) is 0 Å². The molecule has 0 radical (unpaired) electrons. The molecule has 4 aliphatic carbocycles. The van der Waals surface area contributed by atoms with Crippen molar-refractivity contribution in [3.05, 3.63) is 24.3 Å². The van der Waals surface area contributed by atoms with Gasteiger partial charge in [-0.05, 0) is 108 Å². The molecule has 4 fully saturated rings. The Morgan fingerprint density at radius 3 is 1.96 bits per heavy atom. The molecule has 0 N–H and O–H groups in total. The molecule has 3 heteroatoms. The van der Waals surface area contributed by atoms with Crippen LogP contribution in [0.15, 0.2) is 24.3 Å². The quantitative estimate of drug-likeness (QED) is 0.729. The van der Waals surface area contributed by atoms with Gasteiger partial charge >= 0.3 is 0 Å². The standard InChI is InChI=1S/C22H34N2O/c1-23(2)9-4-10-24(3)20-5-7-21(8-6-20)25-22-14-17-11-18(15-22)13-19(12-17)16-22/h5-8,17-19H,4,9-16H2,1-3H3. The molecule has 0 aliphatic heterocycles. The first-order valence-corrected chi connectivity index (χ1v) is 10.2. The van der Waals surface area contributed by atoms with Crippen molar-refractivity contribution in [2.24, 2.45) is 17.8 Å². The Bertz CT molecular complexity index is 545. The van der Waals surface area contributed by atoms with E-state index in [1.165, 1.54) is 50.6 Å². The number of ether oxygens (including phenoxy) is 1. The lowest BCUT2D eigenvalue weighted by Crippen LogP contribution is -2.53. The second kappa shape index (κ2) is 6.83. The minimum atomic E-state index is 0.161.